The van der Waals surface area contributed by atoms with E-state index >= 15 is 4.79 Å². The van der Waals surface area contributed by atoms with Crippen molar-refractivity contribution in [1.82, 2.24) is 20.2 Å². The molecule has 2 aromatic carbocycles. The molecule has 65 heavy (non-hydrogen) atoms. The van der Waals surface area contributed by atoms with E-state index in [1.807, 2.05) is 0 Å². The Kier molecular flexibility index (Phi) is 10.3. The molecule has 2 saturated heterocycles. The molecule has 10 aliphatic rings. The monoisotopic (exact) mass is 879 g/mol. The Morgan fingerprint density at radius 1 is 0.662 bits per heavy atom. The van der Waals surface area contributed by atoms with Gasteiger partial charge in [-0.1, -0.05) is 12.1 Å². The van der Waals surface area contributed by atoms with Crippen LogP contribution in [0.4, 0.5) is 23.0 Å². The van der Waals surface area contributed by atoms with E-state index in [1.54, 1.807) is 0 Å². The Morgan fingerprint density at radius 3 is 1.51 bits per heavy atom. The van der Waals surface area contributed by atoms with Crippen molar-refractivity contribution in [2.24, 2.45) is 57.5 Å². The molecular weight excluding hydrogens is 809 g/mol. The van der Waals surface area contributed by atoms with Crippen LogP contribution in [0, 0.1) is 65.6 Å². The Hall–Kier alpha value is -4.32. The maximum Gasteiger partial charge on any atom is 0.239 e. The number of nitrogens with two attached hydrogens (primary N) is 1. The molecule has 344 valence electrons. The molecule has 0 radical (unpaired) electrons. The van der Waals surface area contributed by atoms with Gasteiger partial charge in [-0.05, 0) is 185 Å². The Morgan fingerprint density at radius 2 is 1.09 bits per heavy atom. The van der Waals surface area contributed by atoms with E-state index < -0.39 is 5.41 Å². The SMILES string of the molecule is Cc1ccc2nc(N3CCNCC3)ccc2c1N(C(=O)C(CC(N)=O)(C12CC3CC(CC(C3)C1)C2)C12CC3CC(CC(C3)C1)C2)c1c(C)ccc2nc(N3CCN(CCO)CC3)ccc12. The zero-order valence-corrected chi connectivity index (χ0v) is 38.9. The smallest absolute Gasteiger partial charge is 0.239 e. The van der Waals surface area contributed by atoms with Crippen molar-refractivity contribution in [3.63, 3.8) is 0 Å². The lowest BCUT2D eigenvalue weighted by molar-refractivity contribution is -0.226. The highest BCUT2D eigenvalue weighted by molar-refractivity contribution is 6.16. The molecule has 2 amide bonds. The van der Waals surface area contributed by atoms with Crippen LogP contribution >= 0.6 is 0 Å². The highest BCUT2D eigenvalue weighted by Gasteiger charge is 2.74. The molecule has 11 heteroatoms. The zero-order valence-electron chi connectivity index (χ0n) is 38.9. The average molecular weight is 879 g/mol. The van der Waals surface area contributed by atoms with E-state index in [4.69, 9.17) is 15.7 Å². The van der Waals surface area contributed by atoms with E-state index in [0.717, 1.165) is 147 Å². The van der Waals surface area contributed by atoms with Crippen LogP contribution in [0.3, 0.4) is 0 Å². The van der Waals surface area contributed by atoms with Gasteiger partial charge in [-0.15, -0.1) is 0 Å². The summed E-state index contributed by atoms with van der Waals surface area (Å²) in [7, 11) is 0. The van der Waals surface area contributed by atoms with Crippen molar-refractivity contribution in [3.8, 4) is 0 Å². The largest absolute Gasteiger partial charge is 0.395 e. The highest BCUT2D eigenvalue weighted by Crippen LogP contribution is 2.77. The van der Waals surface area contributed by atoms with Gasteiger partial charge in [0, 0.05) is 76.1 Å². The van der Waals surface area contributed by atoms with Gasteiger partial charge in [-0.25, -0.2) is 9.97 Å². The number of aromatic nitrogens is 2. The number of primary amides is 1. The minimum Gasteiger partial charge on any atom is -0.395 e. The number of benzene rings is 2. The van der Waals surface area contributed by atoms with E-state index in [0.29, 0.717) is 42.1 Å². The van der Waals surface area contributed by atoms with Crippen LogP contribution in [0.2, 0.25) is 0 Å². The summed E-state index contributed by atoms with van der Waals surface area (Å²) in [6, 6.07) is 17.4. The van der Waals surface area contributed by atoms with Crippen molar-refractivity contribution in [2.75, 3.05) is 80.2 Å². The fourth-order valence-electron chi connectivity index (χ4n) is 17.3. The third-order valence-electron chi connectivity index (χ3n) is 19.0. The molecule has 0 atom stereocenters. The van der Waals surface area contributed by atoms with Crippen LogP contribution in [0.5, 0.6) is 0 Å². The standard InChI is InChI=1S/C54H70N8O3/c1-34-3-7-44-42(5-9-47(57-44)60-13-11-56-12-14-60)49(34)62(50-35(2)4-8-45-43(50)6-10-48(58-45)61-17-15-59(16-18-61)19-20-63)51(65)54(33-46(55)64,52-27-36-21-37(28-52)23-38(22-36)29-52)53-30-39-24-40(31-53)26-41(25-39)32-53/h3-10,36-41,56,63H,11-33H2,1-2H3,(H2,55,64). The number of carbonyl (C=O) groups is 2. The number of aliphatic hydroxyl groups excluding tert-OH is 1. The van der Waals surface area contributed by atoms with Gasteiger partial charge in [-0.3, -0.25) is 19.4 Å². The van der Waals surface area contributed by atoms with Crippen LogP contribution < -0.4 is 25.8 Å². The summed E-state index contributed by atoms with van der Waals surface area (Å²) in [6.07, 6.45) is 13.9. The summed E-state index contributed by atoms with van der Waals surface area (Å²) in [5.41, 5.74) is 10.7. The number of carbonyl (C=O) groups excluding carboxylic acids is 2. The molecule has 2 aliphatic heterocycles. The lowest BCUT2D eigenvalue weighted by Crippen LogP contribution is -2.70. The van der Waals surface area contributed by atoms with Crippen LogP contribution in [-0.4, -0.2) is 97.3 Å². The second-order valence-corrected chi connectivity index (χ2v) is 22.8. The molecule has 4 N–H and O–H groups in total. The van der Waals surface area contributed by atoms with Crippen LogP contribution in [-0.2, 0) is 9.59 Å². The second-order valence-electron chi connectivity index (χ2n) is 22.8. The minimum atomic E-state index is -0.961. The average Bonchev–Trinajstić information content (AvgIpc) is 3.29. The lowest BCUT2D eigenvalue weighted by atomic mass is 9.32. The normalized spacial score (nSPS) is 32.7. The molecule has 11 nitrogen and oxygen atoms in total. The quantitative estimate of drug-likeness (QED) is 0.138. The molecule has 0 unspecified atom stereocenters. The number of β-amino-alcohol motifs (C(OH)–C–C–N with tert-alkyl or cyclic N) is 1. The van der Waals surface area contributed by atoms with E-state index in [9.17, 15) is 9.90 Å². The molecule has 0 spiro atoms. The first kappa shape index (κ1) is 42.1. The van der Waals surface area contributed by atoms with Gasteiger partial charge in [0.25, 0.3) is 0 Å². The molecule has 4 aromatic rings. The third kappa shape index (κ3) is 6.74. The number of nitrogens with one attached hydrogen (secondary N) is 1. The Bertz CT molecular complexity index is 2410. The fraction of sp³-hybridized carbons (Fsp3) is 0.630. The molecule has 10 fully saturated rings. The maximum atomic E-state index is 17.9. The number of rotatable bonds is 11. The number of hydrogen-bond acceptors (Lipinski definition) is 9. The summed E-state index contributed by atoms with van der Waals surface area (Å²) in [4.78, 5) is 52.2. The Labute approximate surface area is 384 Å². The summed E-state index contributed by atoms with van der Waals surface area (Å²) >= 11 is 0. The minimum absolute atomic E-state index is 0.113. The first-order chi connectivity index (χ1) is 31.5. The number of fused-ring (bicyclic) bond motifs is 2. The molecule has 8 saturated carbocycles. The summed E-state index contributed by atoms with van der Waals surface area (Å²) < 4.78 is 0. The number of nitrogens with zero attached hydrogens (tertiary/aromatic N) is 6. The number of hydrogen-bond donors (Lipinski definition) is 3. The van der Waals surface area contributed by atoms with Gasteiger partial charge >= 0.3 is 0 Å². The first-order valence-corrected chi connectivity index (χ1v) is 25.5. The van der Waals surface area contributed by atoms with E-state index in [2.05, 4.69) is 87.3 Å². The van der Waals surface area contributed by atoms with Crippen molar-refractivity contribution >= 4 is 56.6 Å². The predicted octanol–water partition coefficient (Wildman–Crippen LogP) is 7.88. The highest BCUT2D eigenvalue weighted by atomic mass is 16.3. The topological polar surface area (TPSA) is 131 Å². The van der Waals surface area contributed by atoms with E-state index in [-0.39, 0.29) is 35.7 Å². The molecule has 14 rings (SSSR count). The van der Waals surface area contributed by atoms with Crippen LogP contribution in [0.25, 0.3) is 21.8 Å². The number of pyridine rings is 2. The number of anilines is 4. The Balaban J connectivity index is 1.09. The van der Waals surface area contributed by atoms with Gasteiger partial charge in [0.2, 0.25) is 11.8 Å². The number of amides is 2. The van der Waals surface area contributed by atoms with Gasteiger partial charge in [-0.2, -0.15) is 0 Å². The second kappa shape index (κ2) is 15.9. The molecule has 8 aliphatic carbocycles. The van der Waals surface area contributed by atoms with Crippen molar-refractivity contribution < 1.29 is 14.7 Å². The number of aryl methyl sites for hydroxylation is 2. The summed E-state index contributed by atoms with van der Waals surface area (Å²) in [6.45, 7) is 12.3. The first-order valence-electron chi connectivity index (χ1n) is 25.5. The van der Waals surface area contributed by atoms with Gasteiger partial charge in [0.05, 0.1) is 34.4 Å². The summed E-state index contributed by atoms with van der Waals surface area (Å²) in [5.74, 6) is 5.29. The molecule has 8 bridgehead atoms. The number of piperazine rings is 2. The predicted molar refractivity (Wildman–Crippen MR) is 258 cm³/mol. The van der Waals surface area contributed by atoms with Crippen LogP contribution in [0.15, 0.2) is 48.5 Å². The number of aliphatic hydroxyl groups is 1. The zero-order chi connectivity index (χ0) is 44.2. The maximum absolute atomic E-state index is 17.9. The fourth-order valence-corrected chi connectivity index (χ4v) is 17.3. The lowest BCUT2D eigenvalue weighted by Gasteiger charge is -2.72. The van der Waals surface area contributed by atoms with Gasteiger partial charge < -0.3 is 26.0 Å². The van der Waals surface area contributed by atoms with Gasteiger partial charge in [0.15, 0.2) is 0 Å². The third-order valence-corrected chi connectivity index (χ3v) is 19.0. The van der Waals surface area contributed by atoms with E-state index in [1.165, 1.54) is 38.5 Å². The van der Waals surface area contributed by atoms with Crippen LogP contribution in [0.1, 0.15) is 94.6 Å². The molecule has 2 aromatic heterocycles. The van der Waals surface area contributed by atoms with Crippen molar-refractivity contribution in [2.45, 2.75) is 97.3 Å². The summed E-state index contributed by atoms with van der Waals surface area (Å²) in [5, 5.41) is 15.0. The molecular formula is C54H70N8O3. The molecule has 4 heterocycles. The van der Waals surface area contributed by atoms with Crippen molar-refractivity contribution in [1.29, 1.82) is 0 Å². The van der Waals surface area contributed by atoms with Crippen molar-refractivity contribution in [3.05, 3.63) is 59.7 Å². The van der Waals surface area contributed by atoms with Gasteiger partial charge in [0.1, 0.15) is 11.6 Å².